The highest BCUT2D eigenvalue weighted by atomic mass is 19.1. The molecule has 0 radical (unpaired) electrons. The van der Waals surface area contributed by atoms with Crippen LogP contribution >= 0.6 is 0 Å². The molecule has 0 spiro atoms. The molecule has 0 aliphatic heterocycles. The molecule has 1 aromatic rings. The van der Waals surface area contributed by atoms with Crippen LogP contribution in [-0.2, 0) is 4.79 Å². The van der Waals surface area contributed by atoms with Gasteiger partial charge in [0.05, 0.1) is 0 Å². The van der Waals surface area contributed by atoms with Crippen molar-refractivity contribution in [3.8, 4) is 5.75 Å². The third kappa shape index (κ3) is 6.99. The minimum Gasteiger partial charge on any atom is -0.481 e. The molecule has 0 heterocycles. The summed E-state index contributed by atoms with van der Waals surface area (Å²) in [5.41, 5.74) is 0. The number of hydrogen-bond donors (Lipinski definition) is 1. The predicted octanol–water partition coefficient (Wildman–Crippen LogP) is 3.08. The van der Waals surface area contributed by atoms with E-state index in [9.17, 15) is 9.18 Å². The minimum atomic E-state index is -0.457. The van der Waals surface area contributed by atoms with Crippen molar-refractivity contribution in [2.45, 2.75) is 40.2 Å². The van der Waals surface area contributed by atoms with E-state index in [0.29, 0.717) is 18.5 Å². The summed E-state index contributed by atoms with van der Waals surface area (Å²) in [6.45, 7) is 10.9. The monoisotopic (exact) mass is 324 g/mol. The summed E-state index contributed by atoms with van der Waals surface area (Å²) in [4.78, 5) is 14.3. The fraction of sp³-hybridized carbons (Fsp3) is 0.611. The van der Waals surface area contributed by atoms with E-state index in [-0.39, 0.29) is 18.3 Å². The number of nitrogens with one attached hydrogen (secondary N) is 1. The van der Waals surface area contributed by atoms with Crippen molar-refractivity contribution in [2.24, 2.45) is 5.92 Å². The zero-order valence-electron chi connectivity index (χ0n) is 14.6. The Kier molecular flexibility index (Phi) is 8.62. The molecule has 5 heteroatoms. The Bertz CT molecular complexity index is 476. The van der Waals surface area contributed by atoms with Crippen LogP contribution in [0.5, 0.6) is 5.75 Å². The van der Waals surface area contributed by atoms with Gasteiger partial charge in [-0.1, -0.05) is 39.8 Å². The van der Waals surface area contributed by atoms with Crippen molar-refractivity contribution in [2.75, 3.05) is 26.2 Å². The molecule has 0 aliphatic carbocycles. The average Bonchev–Trinajstić information content (AvgIpc) is 2.52. The van der Waals surface area contributed by atoms with Crippen LogP contribution < -0.4 is 10.1 Å². The second-order valence-corrected chi connectivity index (χ2v) is 6.03. The summed E-state index contributed by atoms with van der Waals surface area (Å²) in [6.07, 6.45) is 1.02. The smallest absolute Gasteiger partial charge is 0.257 e. The Morgan fingerprint density at radius 3 is 2.48 bits per heavy atom. The van der Waals surface area contributed by atoms with Gasteiger partial charge in [0.2, 0.25) is 0 Å². The molecule has 1 rings (SSSR count). The van der Waals surface area contributed by atoms with Crippen molar-refractivity contribution < 1.29 is 13.9 Å². The molecule has 0 bridgehead atoms. The van der Waals surface area contributed by atoms with E-state index in [0.717, 1.165) is 19.5 Å². The Morgan fingerprint density at radius 1 is 1.26 bits per heavy atom. The second kappa shape index (κ2) is 10.2. The third-order valence-corrected chi connectivity index (χ3v) is 3.80. The van der Waals surface area contributed by atoms with Crippen molar-refractivity contribution in [3.63, 3.8) is 0 Å². The first-order valence-electron chi connectivity index (χ1n) is 8.35. The highest BCUT2D eigenvalue weighted by molar-refractivity contribution is 5.77. The van der Waals surface area contributed by atoms with E-state index in [1.807, 2.05) is 0 Å². The van der Waals surface area contributed by atoms with Gasteiger partial charge in [-0.2, -0.15) is 0 Å². The zero-order chi connectivity index (χ0) is 17.2. The van der Waals surface area contributed by atoms with Crippen molar-refractivity contribution in [1.82, 2.24) is 10.2 Å². The van der Waals surface area contributed by atoms with Crippen LogP contribution in [0.3, 0.4) is 0 Å². The van der Waals surface area contributed by atoms with Gasteiger partial charge >= 0.3 is 0 Å². The van der Waals surface area contributed by atoms with E-state index in [1.54, 1.807) is 12.1 Å². The summed E-state index contributed by atoms with van der Waals surface area (Å²) < 4.78 is 18.7. The van der Waals surface area contributed by atoms with Crippen molar-refractivity contribution >= 4 is 5.91 Å². The molecule has 0 saturated heterocycles. The second-order valence-electron chi connectivity index (χ2n) is 6.03. The van der Waals surface area contributed by atoms with Gasteiger partial charge in [0.25, 0.3) is 5.91 Å². The number of hydrogen-bond acceptors (Lipinski definition) is 3. The van der Waals surface area contributed by atoms with E-state index < -0.39 is 5.82 Å². The van der Waals surface area contributed by atoms with E-state index >= 15 is 0 Å². The molecule has 1 amide bonds. The SMILES string of the molecule is CCN(CC)C(CNC(=O)COc1ccccc1F)CC(C)C. The lowest BCUT2D eigenvalue weighted by Crippen LogP contribution is -2.45. The Hall–Kier alpha value is -1.62. The molecule has 130 valence electrons. The minimum absolute atomic E-state index is 0.102. The van der Waals surface area contributed by atoms with Crippen LogP contribution in [-0.4, -0.2) is 43.1 Å². The quantitative estimate of drug-likeness (QED) is 0.719. The number of carbonyl (C=O) groups is 1. The standard InChI is InChI=1S/C18H29FN2O2/c1-5-21(6-2)15(11-14(3)4)12-20-18(22)13-23-17-10-8-7-9-16(17)19/h7-10,14-15H,5-6,11-13H2,1-4H3,(H,20,22). The number of halogens is 1. The molecule has 0 aliphatic rings. The van der Waals surface area contributed by atoms with Gasteiger partial charge in [-0.15, -0.1) is 0 Å². The molecule has 1 atom stereocenters. The lowest BCUT2D eigenvalue weighted by atomic mass is 10.0. The third-order valence-electron chi connectivity index (χ3n) is 3.80. The number of nitrogens with zero attached hydrogens (tertiary/aromatic N) is 1. The van der Waals surface area contributed by atoms with E-state index in [1.165, 1.54) is 12.1 Å². The topological polar surface area (TPSA) is 41.6 Å². The predicted molar refractivity (Wildman–Crippen MR) is 91.1 cm³/mol. The summed E-state index contributed by atoms with van der Waals surface area (Å²) in [5, 5.41) is 2.90. The molecular formula is C18H29FN2O2. The number of likely N-dealkylation sites (N-methyl/N-ethyl adjacent to an activating group) is 1. The molecular weight excluding hydrogens is 295 g/mol. The van der Waals surface area contributed by atoms with Gasteiger partial charge < -0.3 is 10.1 Å². The number of benzene rings is 1. The molecule has 1 N–H and O–H groups in total. The van der Waals surface area contributed by atoms with Crippen LogP contribution in [0.4, 0.5) is 4.39 Å². The molecule has 0 aromatic heterocycles. The van der Waals surface area contributed by atoms with Gasteiger partial charge in [-0.25, -0.2) is 4.39 Å². The number of ether oxygens (including phenoxy) is 1. The van der Waals surface area contributed by atoms with Gasteiger partial charge in [0.1, 0.15) is 0 Å². The van der Waals surface area contributed by atoms with E-state index in [2.05, 4.69) is 37.9 Å². The van der Waals surface area contributed by atoms with E-state index in [4.69, 9.17) is 4.74 Å². The Labute approximate surface area is 139 Å². The summed E-state index contributed by atoms with van der Waals surface area (Å²) in [7, 11) is 0. The fourth-order valence-electron chi connectivity index (χ4n) is 2.63. The van der Waals surface area contributed by atoms with Crippen LogP contribution in [0.25, 0.3) is 0 Å². The first-order chi connectivity index (χ1) is 11.0. The Morgan fingerprint density at radius 2 is 1.91 bits per heavy atom. The first kappa shape index (κ1) is 19.4. The first-order valence-corrected chi connectivity index (χ1v) is 8.35. The maximum absolute atomic E-state index is 13.4. The van der Waals surface area contributed by atoms with Crippen LogP contribution in [0.1, 0.15) is 34.1 Å². The normalized spacial score (nSPS) is 12.5. The van der Waals surface area contributed by atoms with Gasteiger partial charge in [-0.3, -0.25) is 9.69 Å². The average molecular weight is 324 g/mol. The highest BCUT2D eigenvalue weighted by Gasteiger charge is 2.18. The Balaban J connectivity index is 2.46. The van der Waals surface area contributed by atoms with Gasteiger partial charge in [-0.05, 0) is 37.6 Å². The number of amides is 1. The molecule has 4 nitrogen and oxygen atoms in total. The molecule has 0 saturated carbocycles. The summed E-state index contributed by atoms with van der Waals surface area (Å²) >= 11 is 0. The number of para-hydroxylation sites is 1. The highest BCUT2D eigenvalue weighted by Crippen LogP contribution is 2.15. The number of carbonyl (C=O) groups excluding carboxylic acids is 1. The lowest BCUT2D eigenvalue weighted by Gasteiger charge is -2.31. The van der Waals surface area contributed by atoms with Gasteiger partial charge in [0.15, 0.2) is 18.2 Å². The molecule has 1 unspecified atom stereocenters. The number of rotatable bonds is 10. The summed E-state index contributed by atoms with van der Waals surface area (Å²) in [6, 6.07) is 6.40. The maximum atomic E-state index is 13.4. The summed E-state index contributed by atoms with van der Waals surface area (Å²) in [5.74, 6) is -0.0208. The lowest BCUT2D eigenvalue weighted by molar-refractivity contribution is -0.123. The van der Waals surface area contributed by atoms with Crippen LogP contribution in [0.2, 0.25) is 0 Å². The fourth-order valence-corrected chi connectivity index (χ4v) is 2.63. The molecule has 1 aromatic carbocycles. The van der Waals surface area contributed by atoms with Crippen LogP contribution in [0, 0.1) is 11.7 Å². The largest absolute Gasteiger partial charge is 0.481 e. The zero-order valence-corrected chi connectivity index (χ0v) is 14.6. The van der Waals surface area contributed by atoms with Crippen molar-refractivity contribution in [3.05, 3.63) is 30.1 Å². The van der Waals surface area contributed by atoms with Crippen molar-refractivity contribution in [1.29, 1.82) is 0 Å². The maximum Gasteiger partial charge on any atom is 0.257 e. The molecule has 0 fully saturated rings. The van der Waals surface area contributed by atoms with Crippen LogP contribution in [0.15, 0.2) is 24.3 Å². The molecule has 23 heavy (non-hydrogen) atoms. The van der Waals surface area contributed by atoms with Gasteiger partial charge in [0, 0.05) is 12.6 Å².